The number of benzene rings is 4. The van der Waals surface area contributed by atoms with Crippen LogP contribution in [0.25, 0.3) is 0 Å². The quantitative estimate of drug-likeness (QED) is 0.112. The molecule has 1 saturated heterocycles. The maximum absolute atomic E-state index is 13.2. The van der Waals surface area contributed by atoms with Crippen molar-refractivity contribution in [1.82, 2.24) is 0 Å². The summed E-state index contributed by atoms with van der Waals surface area (Å²) in [7, 11) is 0. The van der Waals surface area contributed by atoms with E-state index in [4.69, 9.17) is 40.0 Å². The van der Waals surface area contributed by atoms with Gasteiger partial charge in [-0.3, -0.25) is 0 Å². The first kappa shape index (κ1) is 30.6. The van der Waals surface area contributed by atoms with Crippen molar-refractivity contribution in [2.45, 2.75) is 24.6 Å². The van der Waals surface area contributed by atoms with Gasteiger partial charge in [-0.05, 0) is 60.7 Å². The zero-order valence-electron chi connectivity index (χ0n) is 23.5. The molecule has 0 aliphatic carbocycles. The number of halogens is 1. The minimum absolute atomic E-state index is 0.276. The van der Waals surface area contributed by atoms with Crippen LogP contribution in [0.5, 0.6) is 11.5 Å². The summed E-state index contributed by atoms with van der Waals surface area (Å²) in [5.41, 5.74) is 0.886. The van der Waals surface area contributed by atoms with E-state index in [-0.39, 0.29) is 17.7 Å². The van der Waals surface area contributed by atoms with E-state index in [0.29, 0.717) is 29.5 Å². The Bertz CT molecular complexity index is 1520. The molecule has 10 heteroatoms. The number of hydrogen-bond donors (Lipinski definition) is 0. The van der Waals surface area contributed by atoms with Gasteiger partial charge in [0.25, 0.3) is 0 Å². The van der Waals surface area contributed by atoms with Gasteiger partial charge < -0.3 is 28.4 Å². The van der Waals surface area contributed by atoms with Crippen LogP contribution in [-0.4, -0.2) is 61.6 Å². The second-order valence-electron chi connectivity index (χ2n) is 9.61. The summed E-state index contributed by atoms with van der Waals surface area (Å²) in [6.07, 6.45) is -4.70. The number of ether oxygens (including phenoxy) is 6. The van der Waals surface area contributed by atoms with E-state index in [2.05, 4.69) is 0 Å². The highest BCUT2D eigenvalue weighted by Crippen LogP contribution is 2.32. The molecule has 9 nitrogen and oxygen atoms in total. The number of carbonyl (C=O) groups is 3. The summed E-state index contributed by atoms with van der Waals surface area (Å²) in [6.45, 7) is 0.0216. The minimum atomic E-state index is -1.23. The molecule has 4 atom stereocenters. The summed E-state index contributed by atoms with van der Waals surface area (Å²) < 4.78 is 35.1. The molecular weight excluding hydrogens is 588 g/mol. The van der Waals surface area contributed by atoms with Gasteiger partial charge in [-0.25, -0.2) is 14.4 Å². The molecule has 0 unspecified atom stereocenters. The highest BCUT2D eigenvalue weighted by Gasteiger charge is 2.52. The lowest BCUT2D eigenvalue weighted by molar-refractivity contribution is -0.120. The largest absolute Gasteiger partial charge is 0.492 e. The summed E-state index contributed by atoms with van der Waals surface area (Å²) >= 11 is 5.71. The maximum atomic E-state index is 13.2. The van der Waals surface area contributed by atoms with Gasteiger partial charge in [0.1, 0.15) is 30.8 Å². The van der Waals surface area contributed by atoms with Gasteiger partial charge in [0, 0.05) is 0 Å². The Balaban J connectivity index is 1.42. The SMILES string of the molecule is O=C(OC[C@H]1O[C@H](Oc2ccc(OCCCl)cc2)[C@@H](OC(=O)c2ccccc2)[C@@H]1OC(=O)c1ccccc1)c1ccccc1. The molecule has 0 N–H and O–H groups in total. The third-order valence-corrected chi connectivity index (χ3v) is 6.74. The van der Waals surface area contributed by atoms with Crippen LogP contribution >= 0.6 is 11.6 Å². The average Bonchev–Trinajstić information content (AvgIpc) is 3.38. The third kappa shape index (κ3) is 7.94. The fraction of sp³-hybridized carbons (Fsp3) is 0.206. The number of alkyl halides is 1. The predicted octanol–water partition coefficient (Wildman–Crippen LogP) is 5.72. The van der Waals surface area contributed by atoms with Crippen molar-refractivity contribution in [2.75, 3.05) is 19.1 Å². The smallest absolute Gasteiger partial charge is 0.338 e. The predicted molar refractivity (Wildman–Crippen MR) is 160 cm³/mol. The molecule has 5 rings (SSSR count). The summed E-state index contributed by atoms with van der Waals surface area (Å²) in [5, 5.41) is 0. The first-order valence-electron chi connectivity index (χ1n) is 13.9. The molecule has 226 valence electrons. The Morgan fingerprint density at radius 2 is 1.09 bits per heavy atom. The van der Waals surface area contributed by atoms with E-state index < -0.39 is 42.5 Å². The van der Waals surface area contributed by atoms with Crippen LogP contribution in [-0.2, 0) is 18.9 Å². The minimum Gasteiger partial charge on any atom is -0.492 e. The fourth-order valence-electron chi connectivity index (χ4n) is 4.44. The lowest BCUT2D eigenvalue weighted by atomic mass is 10.1. The Hall–Kier alpha value is -4.86. The molecule has 1 heterocycles. The highest BCUT2D eigenvalue weighted by atomic mass is 35.5. The van der Waals surface area contributed by atoms with Crippen LogP contribution in [0.4, 0.5) is 0 Å². The van der Waals surface area contributed by atoms with Gasteiger partial charge in [-0.2, -0.15) is 0 Å². The van der Waals surface area contributed by atoms with Gasteiger partial charge in [0.05, 0.1) is 22.6 Å². The third-order valence-electron chi connectivity index (χ3n) is 6.58. The van der Waals surface area contributed by atoms with Gasteiger partial charge in [-0.1, -0.05) is 54.6 Å². The van der Waals surface area contributed by atoms with E-state index >= 15 is 0 Å². The lowest BCUT2D eigenvalue weighted by Crippen LogP contribution is -2.43. The highest BCUT2D eigenvalue weighted by molar-refractivity contribution is 6.18. The molecular formula is C34H29ClO9. The second kappa shape index (κ2) is 15.0. The molecule has 0 spiro atoms. The summed E-state index contributed by atoms with van der Waals surface area (Å²) in [4.78, 5) is 39.2. The van der Waals surface area contributed by atoms with Crippen LogP contribution in [0, 0.1) is 0 Å². The number of carbonyl (C=O) groups excluding carboxylic acids is 3. The van der Waals surface area contributed by atoms with Crippen molar-refractivity contribution in [3.8, 4) is 11.5 Å². The van der Waals surface area contributed by atoms with Gasteiger partial charge >= 0.3 is 17.9 Å². The number of esters is 3. The van der Waals surface area contributed by atoms with Gasteiger partial charge in [0.2, 0.25) is 12.4 Å². The van der Waals surface area contributed by atoms with E-state index in [0.717, 1.165) is 0 Å². The molecule has 1 aliphatic rings. The standard InChI is InChI=1S/C34H29ClO9/c35-20-21-39-26-16-18-27(19-17-26)41-34-30(44-33(38)25-14-8-3-9-15-25)29(43-32(37)24-12-6-2-7-13-24)28(42-34)22-40-31(36)23-10-4-1-5-11-23/h1-19,28-30,34H,20-22H2/t28-,29-,30+,34+/m1/s1. The van der Waals surface area contributed by atoms with Crippen LogP contribution < -0.4 is 9.47 Å². The second-order valence-corrected chi connectivity index (χ2v) is 9.98. The monoisotopic (exact) mass is 616 g/mol. The zero-order chi connectivity index (χ0) is 30.7. The van der Waals surface area contributed by atoms with Crippen molar-refractivity contribution in [3.63, 3.8) is 0 Å². The Morgan fingerprint density at radius 3 is 1.61 bits per heavy atom. The van der Waals surface area contributed by atoms with Crippen molar-refractivity contribution < 1.29 is 42.8 Å². The normalized spacial score (nSPS) is 19.0. The van der Waals surface area contributed by atoms with E-state index in [1.54, 1.807) is 115 Å². The molecule has 4 aromatic rings. The van der Waals surface area contributed by atoms with Gasteiger partial charge in [-0.15, -0.1) is 11.6 Å². The molecule has 0 saturated carbocycles. The Kier molecular flexibility index (Phi) is 10.5. The van der Waals surface area contributed by atoms with Crippen molar-refractivity contribution in [3.05, 3.63) is 132 Å². The van der Waals surface area contributed by atoms with Crippen LogP contribution in [0.3, 0.4) is 0 Å². The average molecular weight is 617 g/mol. The topological polar surface area (TPSA) is 107 Å². The molecule has 0 radical (unpaired) electrons. The van der Waals surface area contributed by atoms with Gasteiger partial charge in [0.15, 0.2) is 6.10 Å². The number of rotatable bonds is 12. The fourth-order valence-corrected chi connectivity index (χ4v) is 4.52. The van der Waals surface area contributed by atoms with Crippen molar-refractivity contribution in [2.24, 2.45) is 0 Å². The molecule has 1 fully saturated rings. The molecule has 44 heavy (non-hydrogen) atoms. The first-order valence-corrected chi connectivity index (χ1v) is 14.4. The van der Waals surface area contributed by atoms with E-state index in [9.17, 15) is 14.4 Å². The van der Waals surface area contributed by atoms with Crippen molar-refractivity contribution >= 4 is 29.5 Å². The first-order chi connectivity index (χ1) is 21.5. The molecule has 0 amide bonds. The molecule has 0 bridgehead atoms. The van der Waals surface area contributed by atoms with Crippen LogP contribution in [0.1, 0.15) is 31.1 Å². The molecule has 4 aromatic carbocycles. The Morgan fingerprint density at radius 1 is 0.614 bits per heavy atom. The van der Waals surface area contributed by atoms with E-state index in [1.165, 1.54) is 0 Å². The lowest BCUT2D eigenvalue weighted by Gasteiger charge is -2.24. The summed E-state index contributed by atoms with van der Waals surface area (Å²) in [6, 6.07) is 31.8. The van der Waals surface area contributed by atoms with Crippen LogP contribution in [0.15, 0.2) is 115 Å². The number of hydrogen-bond acceptors (Lipinski definition) is 9. The van der Waals surface area contributed by atoms with Crippen LogP contribution in [0.2, 0.25) is 0 Å². The molecule has 0 aromatic heterocycles. The molecule has 1 aliphatic heterocycles. The summed E-state index contributed by atoms with van der Waals surface area (Å²) in [5.74, 6) is -0.679. The maximum Gasteiger partial charge on any atom is 0.338 e. The van der Waals surface area contributed by atoms with E-state index in [1.807, 2.05) is 0 Å². The zero-order valence-corrected chi connectivity index (χ0v) is 24.2. The Labute approximate surface area is 259 Å². The van der Waals surface area contributed by atoms with Crippen molar-refractivity contribution in [1.29, 1.82) is 0 Å².